The summed E-state index contributed by atoms with van der Waals surface area (Å²) in [5.74, 6) is 1.64. The molecular formula is C18H28N2O. The maximum Gasteiger partial charge on any atom is 0.119 e. The number of rotatable bonds is 3. The Kier molecular flexibility index (Phi) is 4.23. The van der Waals surface area contributed by atoms with Gasteiger partial charge in [-0.2, -0.15) is 0 Å². The number of aryl methyl sites for hydroxylation is 1. The smallest absolute Gasteiger partial charge is 0.119 e. The lowest BCUT2D eigenvalue weighted by Gasteiger charge is -2.41. The van der Waals surface area contributed by atoms with Crippen LogP contribution in [0.15, 0.2) is 18.2 Å². The van der Waals surface area contributed by atoms with Crippen molar-refractivity contribution in [2.24, 2.45) is 11.7 Å². The standard InChI is InChI=1S/C18H28N2O/c1-12(2)16-5-4-10-20(16)17-9-7-13-6-8-14(21-3)11-15(13)18(17)19/h6,8,11-12,16-18H,4-5,7,9-10,19H2,1-3H3. The zero-order valence-electron chi connectivity index (χ0n) is 13.5. The molecule has 3 nitrogen and oxygen atoms in total. The fourth-order valence-corrected chi connectivity index (χ4v) is 4.24. The summed E-state index contributed by atoms with van der Waals surface area (Å²) in [4.78, 5) is 2.69. The number of nitrogens with zero attached hydrogens (tertiary/aromatic N) is 1. The predicted octanol–water partition coefficient (Wildman–Crippen LogP) is 3.13. The fourth-order valence-electron chi connectivity index (χ4n) is 4.24. The van der Waals surface area contributed by atoms with E-state index in [9.17, 15) is 0 Å². The van der Waals surface area contributed by atoms with Crippen molar-refractivity contribution in [1.82, 2.24) is 4.90 Å². The van der Waals surface area contributed by atoms with Gasteiger partial charge in [0.25, 0.3) is 0 Å². The van der Waals surface area contributed by atoms with Crippen LogP contribution in [0.25, 0.3) is 0 Å². The van der Waals surface area contributed by atoms with Crippen molar-refractivity contribution >= 4 is 0 Å². The van der Waals surface area contributed by atoms with E-state index in [2.05, 4.69) is 36.9 Å². The van der Waals surface area contributed by atoms with Crippen molar-refractivity contribution < 1.29 is 4.74 Å². The summed E-state index contributed by atoms with van der Waals surface area (Å²) in [6.07, 6.45) is 4.96. The zero-order valence-corrected chi connectivity index (χ0v) is 13.5. The van der Waals surface area contributed by atoms with Gasteiger partial charge >= 0.3 is 0 Å². The molecule has 1 heterocycles. The van der Waals surface area contributed by atoms with Crippen molar-refractivity contribution in [2.45, 2.75) is 57.7 Å². The van der Waals surface area contributed by atoms with Crippen LogP contribution in [0.3, 0.4) is 0 Å². The summed E-state index contributed by atoms with van der Waals surface area (Å²) >= 11 is 0. The molecule has 1 aliphatic carbocycles. The molecule has 3 unspecified atom stereocenters. The van der Waals surface area contributed by atoms with Crippen LogP contribution >= 0.6 is 0 Å². The van der Waals surface area contributed by atoms with Crippen molar-refractivity contribution in [1.29, 1.82) is 0 Å². The lowest BCUT2D eigenvalue weighted by Crippen LogP contribution is -2.49. The maximum absolute atomic E-state index is 6.66. The Morgan fingerprint density at radius 1 is 1.29 bits per heavy atom. The molecule has 116 valence electrons. The third-order valence-electron chi connectivity index (χ3n) is 5.37. The van der Waals surface area contributed by atoms with Crippen LogP contribution in [-0.2, 0) is 6.42 Å². The quantitative estimate of drug-likeness (QED) is 0.928. The van der Waals surface area contributed by atoms with E-state index in [1.165, 1.54) is 36.9 Å². The molecule has 0 amide bonds. The minimum absolute atomic E-state index is 0.114. The van der Waals surface area contributed by atoms with E-state index in [0.717, 1.165) is 12.2 Å². The SMILES string of the molecule is COc1ccc2c(c1)C(N)C(N1CCCC1C(C)C)CC2. The van der Waals surface area contributed by atoms with Gasteiger partial charge in [0, 0.05) is 18.1 Å². The monoisotopic (exact) mass is 288 g/mol. The van der Waals surface area contributed by atoms with Crippen LogP contribution in [0.4, 0.5) is 0 Å². The first-order valence-electron chi connectivity index (χ1n) is 8.30. The molecule has 3 atom stereocenters. The minimum atomic E-state index is 0.114. The summed E-state index contributed by atoms with van der Waals surface area (Å²) in [7, 11) is 1.73. The van der Waals surface area contributed by atoms with E-state index < -0.39 is 0 Å². The predicted molar refractivity (Wildman–Crippen MR) is 86.6 cm³/mol. The Hall–Kier alpha value is -1.06. The number of hydrogen-bond donors (Lipinski definition) is 1. The topological polar surface area (TPSA) is 38.5 Å². The molecule has 3 rings (SSSR count). The first-order valence-corrected chi connectivity index (χ1v) is 8.30. The summed E-state index contributed by atoms with van der Waals surface area (Å²) in [5.41, 5.74) is 9.35. The van der Waals surface area contributed by atoms with Crippen LogP contribution in [0, 0.1) is 5.92 Å². The number of benzene rings is 1. The van der Waals surface area contributed by atoms with Gasteiger partial charge in [-0.05, 0) is 61.4 Å². The van der Waals surface area contributed by atoms with Gasteiger partial charge in [-0.25, -0.2) is 0 Å². The Balaban J connectivity index is 1.86. The molecule has 0 aromatic heterocycles. The third kappa shape index (κ3) is 2.69. The van der Waals surface area contributed by atoms with Gasteiger partial charge in [0.2, 0.25) is 0 Å². The van der Waals surface area contributed by atoms with E-state index in [4.69, 9.17) is 10.5 Å². The van der Waals surface area contributed by atoms with E-state index in [1.807, 2.05) is 0 Å². The Bertz CT molecular complexity index is 500. The van der Waals surface area contributed by atoms with Crippen molar-refractivity contribution in [3.8, 4) is 5.75 Å². The summed E-state index contributed by atoms with van der Waals surface area (Å²) in [6.45, 7) is 5.89. The number of hydrogen-bond acceptors (Lipinski definition) is 3. The van der Waals surface area contributed by atoms with Gasteiger partial charge in [0.15, 0.2) is 0 Å². The molecule has 2 N–H and O–H groups in total. The highest BCUT2D eigenvalue weighted by atomic mass is 16.5. The lowest BCUT2D eigenvalue weighted by atomic mass is 9.83. The first-order chi connectivity index (χ1) is 10.1. The molecule has 1 fully saturated rings. The van der Waals surface area contributed by atoms with Crippen molar-refractivity contribution in [2.75, 3.05) is 13.7 Å². The average Bonchev–Trinajstić information content (AvgIpc) is 2.97. The van der Waals surface area contributed by atoms with E-state index in [1.54, 1.807) is 7.11 Å². The maximum atomic E-state index is 6.66. The zero-order chi connectivity index (χ0) is 15.0. The molecule has 0 radical (unpaired) electrons. The van der Waals surface area contributed by atoms with Crippen LogP contribution < -0.4 is 10.5 Å². The number of methoxy groups -OCH3 is 1. The van der Waals surface area contributed by atoms with Crippen molar-refractivity contribution in [3.63, 3.8) is 0 Å². The molecule has 1 aromatic rings. The fraction of sp³-hybridized carbons (Fsp3) is 0.667. The summed E-state index contributed by atoms with van der Waals surface area (Å²) in [5, 5.41) is 0. The largest absolute Gasteiger partial charge is 0.497 e. The highest BCUT2D eigenvalue weighted by Crippen LogP contribution is 2.37. The van der Waals surface area contributed by atoms with Crippen LogP contribution in [0.5, 0.6) is 5.75 Å². The first kappa shape index (κ1) is 14.9. The van der Waals surface area contributed by atoms with Crippen LogP contribution in [0.2, 0.25) is 0 Å². The highest BCUT2D eigenvalue weighted by molar-refractivity contribution is 5.40. The molecule has 1 saturated heterocycles. The molecule has 0 spiro atoms. The molecular weight excluding hydrogens is 260 g/mol. The second-order valence-corrected chi connectivity index (χ2v) is 6.89. The Morgan fingerprint density at radius 3 is 2.81 bits per heavy atom. The van der Waals surface area contributed by atoms with Crippen molar-refractivity contribution in [3.05, 3.63) is 29.3 Å². The molecule has 1 aliphatic heterocycles. The molecule has 2 aliphatic rings. The van der Waals surface area contributed by atoms with E-state index in [0.29, 0.717) is 18.0 Å². The third-order valence-corrected chi connectivity index (χ3v) is 5.37. The normalized spacial score (nSPS) is 29.7. The Labute approximate surface area is 128 Å². The van der Waals surface area contributed by atoms with Gasteiger partial charge in [-0.3, -0.25) is 4.90 Å². The number of nitrogens with two attached hydrogens (primary N) is 1. The van der Waals surface area contributed by atoms with Crippen LogP contribution in [0.1, 0.15) is 50.3 Å². The van der Waals surface area contributed by atoms with Gasteiger partial charge in [-0.1, -0.05) is 19.9 Å². The molecule has 3 heteroatoms. The average molecular weight is 288 g/mol. The van der Waals surface area contributed by atoms with Gasteiger partial charge in [-0.15, -0.1) is 0 Å². The van der Waals surface area contributed by atoms with Gasteiger partial charge in [0.1, 0.15) is 5.75 Å². The molecule has 1 aromatic carbocycles. The molecule has 0 bridgehead atoms. The van der Waals surface area contributed by atoms with Crippen LogP contribution in [-0.4, -0.2) is 30.6 Å². The van der Waals surface area contributed by atoms with Gasteiger partial charge < -0.3 is 10.5 Å². The lowest BCUT2D eigenvalue weighted by molar-refractivity contribution is 0.114. The Morgan fingerprint density at radius 2 is 2.10 bits per heavy atom. The number of fused-ring (bicyclic) bond motifs is 1. The number of likely N-dealkylation sites (tertiary alicyclic amines) is 1. The molecule has 21 heavy (non-hydrogen) atoms. The van der Waals surface area contributed by atoms with E-state index >= 15 is 0 Å². The van der Waals surface area contributed by atoms with E-state index in [-0.39, 0.29) is 6.04 Å². The minimum Gasteiger partial charge on any atom is -0.497 e. The number of ether oxygens (including phenoxy) is 1. The summed E-state index contributed by atoms with van der Waals surface area (Å²) in [6, 6.07) is 7.69. The van der Waals surface area contributed by atoms with Gasteiger partial charge in [0.05, 0.1) is 7.11 Å². The second-order valence-electron chi connectivity index (χ2n) is 6.89. The highest BCUT2D eigenvalue weighted by Gasteiger charge is 2.38. The second kappa shape index (κ2) is 5.98. The summed E-state index contributed by atoms with van der Waals surface area (Å²) < 4.78 is 5.38. The molecule has 0 saturated carbocycles.